The van der Waals surface area contributed by atoms with Gasteiger partial charge in [-0.1, -0.05) is 12.1 Å². The van der Waals surface area contributed by atoms with Crippen LogP contribution in [0.15, 0.2) is 58.8 Å². The van der Waals surface area contributed by atoms with Gasteiger partial charge in [0.15, 0.2) is 0 Å². The van der Waals surface area contributed by atoms with Crippen molar-refractivity contribution >= 4 is 17.1 Å². The van der Waals surface area contributed by atoms with E-state index in [0.717, 1.165) is 11.4 Å². The van der Waals surface area contributed by atoms with Gasteiger partial charge in [0.05, 0.1) is 11.4 Å². The largest absolute Gasteiger partial charge is 0.508 e. The van der Waals surface area contributed by atoms with Crippen LogP contribution in [0.5, 0.6) is 5.75 Å². The van der Waals surface area contributed by atoms with E-state index in [4.69, 9.17) is 5.11 Å². The fourth-order valence-corrected chi connectivity index (χ4v) is 1.40. The lowest BCUT2D eigenvalue weighted by molar-refractivity contribution is 0.475. The van der Waals surface area contributed by atoms with Gasteiger partial charge in [0.2, 0.25) is 0 Å². The third-order valence-electron chi connectivity index (χ3n) is 2.30. The Kier molecular flexibility index (Phi) is 3.35. The number of aromatic hydroxyl groups is 1. The molecule has 0 saturated carbocycles. The van der Waals surface area contributed by atoms with E-state index < -0.39 is 0 Å². The van der Waals surface area contributed by atoms with Crippen molar-refractivity contribution in [1.82, 2.24) is 0 Å². The molecular formula is C13H13N3O. The number of phenols is 1. The molecule has 0 aromatic heterocycles. The van der Waals surface area contributed by atoms with Crippen molar-refractivity contribution in [2.24, 2.45) is 10.2 Å². The van der Waals surface area contributed by atoms with Gasteiger partial charge >= 0.3 is 0 Å². The number of hydrogen-bond donors (Lipinski definition) is 2. The summed E-state index contributed by atoms with van der Waals surface area (Å²) in [4.78, 5) is 0. The second kappa shape index (κ2) is 5.12. The van der Waals surface area contributed by atoms with Gasteiger partial charge in [-0.3, -0.25) is 0 Å². The minimum Gasteiger partial charge on any atom is -0.508 e. The highest BCUT2D eigenvalue weighted by atomic mass is 16.3. The van der Waals surface area contributed by atoms with Crippen LogP contribution in [0.25, 0.3) is 0 Å². The Morgan fingerprint density at radius 3 is 2.35 bits per heavy atom. The molecule has 0 unspecified atom stereocenters. The van der Waals surface area contributed by atoms with Gasteiger partial charge in [0.25, 0.3) is 0 Å². The molecule has 0 aliphatic carbocycles. The van der Waals surface area contributed by atoms with Crippen LogP contribution in [-0.4, -0.2) is 12.2 Å². The molecular weight excluding hydrogens is 214 g/mol. The van der Waals surface area contributed by atoms with Gasteiger partial charge in [-0.25, -0.2) is 0 Å². The number of rotatable bonds is 3. The molecule has 0 saturated heterocycles. The molecule has 0 atom stereocenters. The third-order valence-corrected chi connectivity index (χ3v) is 2.30. The number of anilines is 1. The maximum Gasteiger partial charge on any atom is 0.115 e. The lowest BCUT2D eigenvalue weighted by Gasteiger charge is -2.02. The van der Waals surface area contributed by atoms with Crippen LogP contribution >= 0.6 is 0 Å². The summed E-state index contributed by atoms with van der Waals surface area (Å²) in [6, 6.07) is 14.2. The number of para-hydroxylation sites is 1. The highest BCUT2D eigenvalue weighted by Gasteiger charge is 1.97. The number of benzene rings is 2. The van der Waals surface area contributed by atoms with Crippen molar-refractivity contribution in [3.05, 3.63) is 48.5 Å². The van der Waals surface area contributed by atoms with E-state index in [2.05, 4.69) is 15.5 Å². The summed E-state index contributed by atoms with van der Waals surface area (Å²) in [5.74, 6) is 0.222. The zero-order valence-corrected chi connectivity index (χ0v) is 9.46. The molecule has 86 valence electrons. The SMILES string of the molecule is CNc1ccccc1/N=N/c1ccc(O)cc1. The highest BCUT2D eigenvalue weighted by molar-refractivity contribution is 5.64. The van der Waals surface area contributed by atoms with Gasteiger partial charge in [-0.2, -0.15) is 5.11 Å². The van der Waals surface area contributed by atoms with Gasteiger partial charge in [0.1, 0.15) is 11.4 Å². The monoisotopic (exact) mass is 227 g/mol. The Labute approximate surface area is 99.6 Å². The van der Waals surface area contributed by atoms with Crippen LogP contribution < -0.4 is 5.32 Å². The van der Waals surface area contributed by atoms with Gasteiger partial charge < -0.3 is 10.4 Å². The molecule has 0 aliphatic heterocycles. The Bertz CT molecular complexity index is 520. The smallest absolute Gasteiger partial charge is 0.115 e. The molecule has 2 N–H and O–H groups in total. The summed E-state index contributed by atoms with van der Waals surface area (Å²) >= 11 is 0. The van der Waals surface area contributed by atoms with Crippen LogP contribution in [0.1, 0.15) is 0 Å². The normalized spacial score (nSPS) is 10.6. The minimum atomic E-state index is 0.222. The van der Waals surface area contributed by atoms with E-state index in [9.17, 15) is 0 Å². The van der Waals surface area contributed by atoms with Crippen LogP contribution in [0.2, 0.25) is 0 Å². The van der Waals surface area contributed by atoms with E-state index in [-0.39, 0.29) is 5.75 Å². The van der Waals surface area contributed by atoms with Crippen molar-refractivity contribution < 1.29 is 5.11 Å². The Balaban J connectivity index is 2.22. The molecule has 2 aromatic rings. The fraction of sp³-hybridized carbons (Fsp3) is 0.0769. The van der Waals surface area contributed by atoms with Crippen LogP contribution in [0.3, 0.4) is 0 Å². The maximum absolute atomic E-state index is 9.14. The predicted molar refractivity (Wildman–Crippen MR) is 68.3 cm³/mol. The van der Waals surface area contributed by atoms with Crippen LogP contribution in [0, 0.1) is 0 Å². The van der Waals surface area contributed by atoms with Crippen molar-refractivity contribution in [3.63, 3.8) is 0 Å². The first kappa shape index (κ1) is 11.1. The number of nitrogens with one attached hydrogen (secondary N) is 1. The fourth-order valence-electron chi connectivity index (χ4n) is 1.40. The molecule has 0 fully saturated rings. The van der Waals surface area contributed by atoms with E-state index in [1.165, 1.54) is 0 Å². The summed E-state index contributed by atoms with van der Waals surface area (Å²) in [5.41, 5.74) is 2.41. The molecule has 2 rings (SSSR count). The molecule has 0 amide bonds. The number of phenolic OH excluding ortho intramolecular Hbond substituents is 1. The number of hydrogen-bond acceptors (Lipinski definition) is 4. The lowest BCUT2D eigenvalue weighted by Crippen LogP contribution is -1.86. The molecule has 0 aliphatic rings. The molecule has 0 bridgehead atoms. The first-order valence-corrected chi connectivity index (χ1v) is 5.27. The van der Waals surface area contributed by atoms with Gasteiger partial charge in [-0.05, 0) is 36.4 Å². The van der Waals surface area contributed by atoms with E-state index >= 15 is 0 Å². The highest BCUT2D eigenvalue weighted by Crippen LogP contribution is 2.26. The molecule has 0 spiro atoms. The van der Waals surface area contributed by atoms with Crippen molar-refractivity contribution in [2.75, 3.05) is 12.4 Å². The number of nitrogens with zero attached hydrogens (tertiary/aromatic N) is 2. The Morgan fingerprint density at radius 2 is 1.65 bits per heavy atom. The molecule has 0 heterocycles. The van der Waals surface area contributed by atoms with Gasteiger partial charge in [-0.15, -0.1) is 5.11 Å². The van der Waals surface area contributed by atoms with Crippen LogP contribution in [-0.2, 0) is 0 Å². The molecule has 0 radical (unpaired) electrons. The molecule has 2 aromatic carbocycles. The Hall–Kier alpha value is -2.36. The first-order chi connectivity index (χ1) is 8.29. The molecule has 4 nitrogen and oxygen atoms in total. The quantitative estimate of drug-likeness (QED) is 0.782. The Morgan fingerprint density at radius 1 is 0.941 bits per heavy atom. The van der Waals surface area contributed by atoms with E-state index in [1.807, 2.05) is 31.3 Å². The molecule has 4 heteroatoms. The van der Waals surface area contributed by atoms with Crippen molar-refractivity contribution in [3.8, 4) is 5.75 Å². The summed E-state index contributed by atoms with van der Waals surface area (Å²) in [5, 5.41) is 20.4. The zero-order chi connectivity index (χ0) is 12.1. The average molecular weight is 227 g/mol. The van der Waals surface area contributed by atoms with E-state index in [0.29, 0.717) is 5.69 Å². The second-order valence-corrected chi connectivity index (χ2v) is 3.48. The molecule has 17 heavy (non-hydrogen) atoms. The first-order valence-electron chi connectivity index (χ1n) is 5.27. The van der Waals surface area contributed by atoms with Crippen molar-refractivity contribution in [1.29, 1.82) is 0 Å². The summed E-state index contributed by atoms with van der Waals surface area (Å²) in [6.45, 7) is 0. The van der Waals surface area contributed by atoms with Crippen molar-refractivity contribution in [2.45, 2.75) is 0 Å². The average Bonchev–Trinajstić information content (AvgIpc) is 2.38. The maximum atomic E-state index is 9.14. The zero-order valence-electron chi connectivity index (χ0n) is 9.46. The number of azo groups is 1. The summed E-state index contributed by atoms with van der Waals surface area (Å²) in [6.07, 6.45) is 0. The minimum absolute atomic E-state index is 0.222. The topological polar surface area (TPSA) is 57.0 Å². The lowest BCUT2D eigenvalue weighted by atomic mass is 10.3. The van der Waals surface area contributed by atoms with Gasteiger partial charge in [0, 0.05) is 7.05 Å². The predicted octanol–water partition coefficient (Wildman–Crippen LogP) is 3.85. The van der Waals surface area contributed by atoms with Crippen LogP contribution in [0.4, 0.5) is 17.1 Å². The third kappa shape index (κ3) is 2.81. The second-order valence-electron chi connectivity index (χ2n) is 3.48. The summed E-state index contributed by atoms with van der Waals surface area (Å²) < 4.78 is 0. The summed E-state index contributed by atoms with van der Waals surface area (Å²) in [7, 11) is 1.84. The van der Waals surface area contributed by atoms with E-state index in [1.54, 1.807) is 24.3 Å². The standard InChI is InChI=1S/C13H13N3O/c1-14-12-4-2-3-5-13(12)16-15-10-6-8-11(17)9-7-10/h2-9,14,17H,1H3/b16-15+.